The minimum atomic E-state index is -0.0606. The first-order valence-electron chi connectivity index (χ1n) is 9.93. The lowest BCUT2D eigenvalue weighted by atomic mass is 10.1. The van der Waals surface area contributed by atoms with Crippen LogP contribution in [0.15, 0.2) is 53.1 Å². The van der Waals surface area contributed by atoms with Crippen molar-refractivity contribution < 1.29 is 14.0 Å². The van der Waals surface area contributed by atoms with Crippen molar-refractivity contribution in [3.05, 3.63) is 60.1 Å². The molecule has 1 aliphatic rings. The van der Waals surface area contributed by atoms with Gasteiger partial charge in [0.25, 0.3) is 5.91 Å². The second-order valence-corrected chi connectivity index (χ2v) is 7.46. The van der Waals surface area contributed by atoms with Crippen molar-refractivity contribution in [1.82, 2.24) is 14.7 Å². The molecule has 28 heavy (non-hydrogen) atoms. The van der Waals surface area contributed by atoms with Crippen LogP contribution in [0.2, 0.25) is 0 Å². The number of carbonyl (C=O) groups excluding carboxylic acids is 2. The highest BCUT2D eigenvalue weighted by Crippen LogP contribution is 2.12. The fraction of sp³-hybridized carbons (Fsp3) is 0.455. The SMILES string of the molecule is CC(C)N(Cc1ccccc1)C(=O)CCN1CCN(C(=O)c2ccco2)CC1. The largest absolute Gasteiger partial charge is 0.459 e. The second kappa shape index (κ2) is 9.55. The van der Waals surface area contributed by atoms with Gasteiger partial charge in [0.1, 0.15) is 0 Å². The topological polar surface area (TPSA) is 57.0 Å². The summed E-state index contributed by atoms with van der Waals surface area (Å²) < 4.78 is 5.20. The standard InChI is InChI=1S/C22H29N3O3/c1-18(2)25(17-19-7-4-3-5-8-19)21(26)10-11-23-12-14-24(15-13-23)22(27)20-9-6-16-28-20/h3-9,16,18H,10-15,17H2,1-2H3. The maximum Gasteiger partial charge on any atom is 0.289 e. The zero-order valence-electron chi connectivity index (χ0n) is 16.7. The summed E-state index contributed by atoms with van der Waals surface area (Å²) in [7, 11) is 0. The maximum atomic E-state index is 12.8. The van der Waals surface area contributed by atoms with Crippen molar-refractivity contribution in [3.63, 3.8) is 0 Å². The molecule has 0 saturated carbocycles. The Morgan fingerprint density at radius 3 is 2.36 bits per heavy atom. The van der Waals surface area contributed by atoms with E-state index in [0.717, 1.165) is 25.2 Å². The number of furan rings is 1. The van der Waals surface area contributed by atoms with Crippen LogP contribution in [-0.4, -0.2) is 65.3 Å². The van der Waals surface area contributed by atoms with Crippen LogP contribution >= 0.6 is 0 Å². The summed E-state index contributed by atoms with van der Waals surface area (Å²) in [5.41, 5.74) is 1.15. The van der Waals surface area contributed by atoms with Gasteiger partial charge < -0.3 is 14.2 Å². The third kappa shape index (κ3) is 5.23. The van der Waals surface area contributed by atoms with Crippen LogP contribution in [0.25, 0.3) is 0 Å². The van der Waals surface area contributed by atoms with E-state index in [-0.39, 0.29) is 17.9 Å². The van der Waals surface area contributed by atoms with Crippen LogP contribution in [0.1, 0.15) is 36.4 Å². The molecule has 0 atom stereocenters. The molecule has 1 saturated heterocycles. The predicted molar refractivity (Wildman–Crippen MR) is 108 cm³/mol. The molecular weight excluding hydrogens is 354 g/mol. The van der Waals surface area contributed by atoms with Crippen molar-refractivity contribution in [2.45, 2.75) is 32.9 Å². The van der Waals surface area contributed by atoms with E-state index in [2.05, 4.69) is 30.9 Å². The average Bonchev–Trinajstić information content (AvgIpc) is 3.25. The molecular formula is C22H29N3O3. The summed E-state index contributed by atoms with van der Waals surface area (Å²) in [6.07, 6.45) is 2.02. The van der Waals surface area contributed by atoms with Gasteiger partial charge in [-0.1, -0.05) is 30.3 Å². The van der Waals surface area contributed by atoms with E-state index in [1.54, 1.807) is 12.1 Å². The number of rotatable bonds is 7. The third-order valence-corrected chi connectivity index (χ3v) is 5.17. The molecule has 1 aromatic heterocycles. The minimum absolute atomic E-state index is 0.0606. The van der Waals surface area contributed by atoms with E-state index in [9.17, 15) is 9.59 Å². The summed E-state index contributed by atoms with van der Waals surface area (Å²) in [6, 6.07) is 13.7. The Balaban J connectivity index is 1.46. The monoisotopic (exact) mass is 383 g/mol. The summed E-state index contributed by atoms with van der Waals surface area (Å²) in [4.78, 5) is 31.1. The molecule has 0 bridgehead atoms. The smallest absolute Gasteiger partial charge is 0.289 e. The van der Waals surface area contributed by atoms with Crippen LogP contribution in [0.4, 0.5) is 0 Å². The Hall–Kier alpha value is -2.60. The van der Waals surface area contributed by atoms with Gasteiger partial charge in [0, 0.05) is 51.7 Å². The summed E-state index contributed by atoms with van der Waals surface area (Å²) in [6.45, 7) is 8.35. The second-order valence-electron chi connectivity index (χ2n) is 7.46. The molecule has 0 unspecified atom stereocenters. The Kier molecular flexibility index (Phi) is 6.87. The van der Waals surface area contributed by atoms with Crippen molar-refractivity contribution in [3.8, 4) is 0 Å². The normalized spacial score (nSPS) is 15.0. The molecule has 2 aromatic rings. The van der Waals surface area contributed by atoms with Gasteiger partial charge in [-0.2, -0.15) is 0 Å². The molecule has 0 spiro atoms. The quantitative estimate of drug-likeness (QED) is 0.738. The maximum absolute atomic E-state index is 12.8. The number of nitrogens with zero attached hydrogens (tertiary/aromatic N) is 3. The summed E-state index contributed by atoms with van der Waals surface area (Å²) in [5.74, 6) is 0.500. The lowest BCUT2D eigenvalue weighted by Gasteiger charge is -2.35. The molecule has 2 amide bonds. The predicted octanol–water partition coefficient (Wildman–Crippen LogP) is 2.86. The molecule has 3 rings (SSSR count). The van der Waals surface area contributed by atoms with Gasteiger partial charge in [-0.05, 0) is 31.5 Å². The Bertz CT molecular complexity index is 751. The van der Waals surface area contributed by atoms with E-state index in [1.165, 1.54) is 6.26 Å². The van der Waals surface area contributed by atoms with Gasteiger partial charge in [0.15, 0.2) is 5.76 Å². The van der Waals surface area contributed by atoms with E-state index in [1.807, 2.05) is 28.0 Å². The summed E-state index contributed by atoms with van der Waals surface area (Å²) in [5, 5.41) is 0. The molecule has 0 N–H and O–H groups in total. The van der Waals surface area contributed by atoms with E-state index in [0.29, 0.717) is 31.8 Å². The molecule has 1 fully saturated rings. The highest BCUT2D eigenvalue weighted by Gasteiger charge is 2.24. The zero-order valence-corrected chi connectivity index (χ0v) is 16.7. The number of amides is 2. The fourth-order valence-corrected chi connectivity index (χ4v) is 3.47. The highest BCUT2D eigenvalue weighted by molar-refractivity contribution is 5.91. The van der Waals surface area contributed by atoms with Crippen molar-refractivity contribution in [2.75, 3.05) is 32.7 Å². The number of benzene rings is 1. The Morgan fingerprint density at radius 1 is 1.04 bits per heavy atom. The number of hydrogen-bond acceptors (Lipinski definition) is 4. The van der Waals surface area contributed by atoms with Crippen molar-refractivity contribution in [2.24, 2.45) is 0 Å². The molecule has 0 aliphatic carbocycles. The number of hydrogen-bond donors (Lipinski definition) is 0. The van der Waals surface area contributed by atoms with Crippen LogP contribution in [0.3, 0.4) is 0 Å². The number of carbonyl (C=O) groups is 2. The molecule has 6 heteroatoms. The van der Waals surface area contributed by atoms with Crippen LogP contribution < -0.4 is 0 Å². The third-order valence-electron chi connectivity index (χ3n) is 5.17. The van der Waals surface area contributed by atoms with Gasteiger partial charge in [-0.25, -0.2) is 0 Å². The lowest BCUT2D eigenvalue weighted by molar-refractivity contribution is -0.134. The average molecular weight is 383 g/mol. The van der Waals surface area contributed by atoms with Crippen LogP contribution in [-0.2, 0) is 11.3 Å². The van der Waals surface area contributed by atoms with Gasteiger partial charge in [-0.15, -0.1) is 0 Å². The van der Waals surface area contributed by atoms with Crippen LogP contribution in [0.5, 0.6) is 0 Å². The zero-order chi connectivity index (χ0) is 19.9. The van der Waals surface area contributed by atoms with E-state index in [4.69, 9.17) is 4.42 Å². The van der Waals surface area contributed by atoms with Gasteiger partial charge >= 0.3 is 0 Å². The minimum Gasteiger partial charge on any atom is -0.459 e. The first-order valence-corrected chi connectivity index (χ1v) is 9.93. The Labute approximate surface area is 166 Å². The molecule has 1 aliphatic heterocycles. The first-order chi connectivity index (χ1) is 13.5. The van der Waals surface area contributed by atoms with E-state index >= 15 is 0 Å². The fourth-order valence-electron chi connectivity index (χ4n) is 3.47. The first kappa shape index (κ1) is 20.1. The summed E-state index contributed by atoms with van der Waals surface area (Å²) >= 11 is 0. The van der Waals surface area contributed by atoms with Gasteiger partial charge in [-0.3, -0.25) is 14.5 Å². The molecule has 0 radical (unpaired) electrons. The Morgan fingerprint density at radius 2 is 1.75 bits per heavy atom. The van der Waals surface area contributed by atoms with Gasteiger partial charge in [0.2, 0.25) is 5.91 Å². The van der Waals surface area contributed by atoms with E-state index < -0.39 is 0 Å². The molecule has 2 heterocycles. The van der Waals surface area contributed by atoms with Crippen molar-refractivity contribution >= 4 is 11.8 Å². The van der Waals surface area contributed by atoms with Gasteiger partial charge in [0.05, 0.1) is 6.26 Å². The number of piperazine rings is 1. The highest BCUT2D eigenvalue weighted by atomic mass is 16.3. The van der Waals surface area contributed by atoms with Crippen LogP contribution in [0, 0.1) is 0 Å². The van der Waals surface area contributed by atoms with Crippen molar-refractivity contribution in [1.29, 1.82) is 0 Å². The molecule has 6 nitrogen and oxygen atoms in total. The molecule has 1 aromatic carbocycles. The molecule has 150 valence electrons. The lowest BCUT2D eigenvalue weighted by Crippen LogP contribution is -2.49.